The van der Waals surface area contributed by atoms with E-state index in [1.165, 1.54) is 0 Å². The van der Waals surface area contributed by atoms with Crippen molar-refractivity contribution in [3.05, 3.63) is 34.9 Å². The Morgan fingerprint density at radius 3 is 2.43 bits per heavy atom. The predicted molar refractivity (Wildman–Crippen MR) is 135 cm³/mol. The molecule has 1 saturated heterocycles. The molecule has 8 heteroatoms. The highest BCUT2D eigenvalue weighted by Gasteiger charge is 2.50. The lowest BCUT2D eigenvalue weighted by molar-refractivity contribution is -0.157. The van der Waals surface area contributed by atoms with Crippen LogP contribution in [0.25, 0.3) is 0 Å². The smallest absolute Gasteiger partial charge is 0.305 e. The van der Waals surface area contributed by atoms with Gasteiger partial charge in [-0.15, -0.1) is 0 Å². The van der Waals surface area contributed by atoms with Crippen molar-refractivity contribution >= 4 is 29.4 Å². The first-order valence-electron chi connectivity index (χ1n) is 12.6. The summed E-state index contributed by atoms with van der Waals surface area (Å²) in [7, 11) is 0. The van der Waals surface area contributed by atoms with Crippen LogP contribution in [0.2, 0.25) is 5.02 Å². The molecule has 2 N–H and O–H groups in total. The molecule has 2 amide bonds. The van der Waals surface area contributed by atoms with Gasteiger partial charge in [-0.2, -0.15) is 0 Å². The molecule has 0 spiro atoms. The number of rotatable bonds is 7. The molecular formula is C27H39ClN2O5. The first-order chi connectivity index (χ1) is 16.4. The number of nitrogens with zero attached hydrogens (tertiary/aromatic N) is 1. The fourth-order valence-electron chi connectivity index (χ4n) is 5.31. The SMILES string of the molecule is CCC(=O)O[C@H]1CC[C@@H](C(=O)N[C@@H](C(=O)N2CC[C@](O)(c3ccc(Cl)cc3)C(C)(C)C2)C(C)C)C1. The number of piperidine rings is 1. The first kappa shape index (κ1) is 27.5. The molecule has 7 nitrogen and oxygen atoms in total. The molecule has 0 bridgehead atoms. The minimum Gasteiger partial charge on any atom is -0.462 e. The van der Waals surface area contributed by atoms with Gasteiger partial charge in [0.05, 0.1) is 5.60 Å². The Kier molecular flexibility index (Phi) is 8.53. The summed E-state index contributed by atoms with van der Waals surface area (Å²) in [5.41, 5.74) is -0.922. The van der Waals surface area contributed by atoms with Crippen LogP contribution in [0.15, 0.2) is 24.3 Å². The summed E-state index contributed by atoms with van der Waals surface area (Å²) in [6, 6.07) is 6.56. The van der Waals surface area contributed by atoms with Gasteiger partial charge in [-0.1, -0.05) is 58.4 Å². The van der Waals surface area contributed by atoms with Crippen LogP contribution >= 0.6 is 11.6 Å². The number of hydrogen-bond acceptors (Lipinski definition) is 5. The number of halogens is 1. The topological polar surface area (TPSA) is 95.9 Å². The third-order valence-electron chi connectivity index (χ3n) is 7.66. The molecule has 194 valence electrons. The highest BCUT2D eigenvalue weighted by atomic mass is 35.5. The third-order valence-corrected chi connectivity index (χ3v) is 7.91. The third kappa shape index (κ3) is 6.00. The standard InChI is InChI=1S/C27H39ClN2O5/c1-6-22(31)35-21-12-7-18(15-21)24(32)29-23(17(2)3)25(33)30-14-13-27(34,26(4,5)16-30)19-8-10-20(28)11-9-19/h8-11,17-18,21,23,34H,6-7,12-16H2,1-5H3,(H,29,32)/t18-,21+,23-,27+/m1/s1. The molecule has 4 atom stereocenters. The van der Waals surface area contributed by atoms with Gasteiger partial charge < -0.3 is 20.1 Å². The summed E-state index contributed by atoms with van der Waals surface area (Å²) in [5, 5.41) is 15.2. The highest BCUT2D eigenvalue weighted by Crippen LogP contribution is 2.46. The quantitative estimate of drug-likeness (QED) is 0.544. The minimum absolute atomic E-state index is 0.0956. The van der Waals surface area contributed by atoms with Crippen LogP contribution in [0.5, 0.6) is 0 Å². The maximum Gasteiger partial charge on any atom is 0.305 e. The number of ether oxygens (including phenoxy) is 1. The van der Waals surface area contributed by atoms with Crippen LogP contribution in [0.4, 0.5) is 0 Å². The van der Waals surface area contributed by atoms with Gasteiger partial charge in [0.1, 0.15) is 12.1 Å². The molecule has 0 aromatic heterocycles. The van der Waals surface area contributed by atoms with E-state index >= 15 is 0 Å². The number of carbonyl (C=O) groups excluding carboxylic acids is 3. The van der Waals surface area contributed by atoms with Gasteiger partial charge in [0.25, 0.3) is 0 Å². The summed E-state index contributed by atoms with van der Waals surface area (Å²) in [4.78, 5) is 39.9. The molecule has 1 heterocycles. The van der Waals surface area contributed by atoms with Crippen LogP contribution in [-0.4, -0.2) is 53.0 Å². The molecular weight excluding hydrogens is 468 g/mol. The van der Waals surface area contributed by atoms with Crippen molar-refractivity contribution in [2.24, 2.45) is 17.3 Å². The second-order valence-corrected chi connectivity index (χ2v) is 11.4. The number of nitrogens with one attached hydrogen (secondary N) is 1. The number of carbonyl (C=O) groups is 3. The van der Waals surface area contributed by atoms with Crippen molar-refractivity contribution in [2.45, 2.75) is 84.5 Å². The van der Waals surface area contributed by atoms with Gasteiger partial charge in [-0.05, 0) is 49.3 Å². The minimum atomic E-state index is -1.10. The molecule has 2 fully saturated rings. The fraction of sp³-hybridized carbons (Fsp3) is 0.667. The van der Waals surface area contributed by atoms with Crippen molar-refractivity contribution in [3.8, 4) is 0 Å². The van der Waals surface area contributed by atoms with Crippen molar-refractivity contribution < 1.29 is 24.2 Å². The Morgan fingerprint density at radius 2 is 1.86 bits per heavy atom. The molecule has 0 radical (unpaired) electrons. The van der Waals surface area contributed by atoms with Gasteiger partial charge in [0.15, 0.2) is 0 Å². The molecule has 35 heavy (non-hydrogen) atoms. The van der Waals surface area contributed by atoms with Crippen LogP contribution in [0, 0.1) is 17.3 Å². The van der Waals surface area contributed by atoms with E-state index in [1.54, 1.807) is 24.0 Å². The van der Waals surface area contributed by atoms with Crippen LogP contribution in [0.3, 0.4) is 0 Å². The largest absolute Gasteiger partial charge is 0.462 e. The monoisotopic (exact) mass is 506 g/mol. The fourth-order valence-corrected chi connectivity index (χ4v) is 5.43. The first-order valence-corrected chi connectivity index (χ1v) is 13.0. The van der Waals surface area contributed by atoms with E-state index in [1.807, 2.05) is 39.8 Å². The lowest BCUT2D eigenvalue weighted by Gasteiger charge is -2.51. The maximum atomic E-state index is 13.6. The van der Waals surface area contributed by atoms with Gasteiger partial charge in [-0.3, -0.25) is 14.4 Å². The lowest BCUT2D eigenvalue weighted by Crippen LogP contribution is -2.60. The number of aliphatic hydroxyl groups is 1. The van der Waals surface area contributed by atoms with Crippen LogP contribution in [-0.2, 0) is 24.7 Å². The van der Waals surface area contributed by atoms with Gasteiger partial charge >= 0.3 is 5.97 Å². The Hall–Kier alpha value is -2.12. The molecule has 0 unspecified atom stereocenters. The summed E-state index contributed by atoms with van der Waals surface area (Å²) < 4.78 is 5.40. The number of benzene rings is 1. The molecule has 1 aliphatic heterocycles. The van der Waals surface area contributed by atoms with Crippen molar-refractivity contribution in [2.75, 3.05) is 13.1 Å². The average Bonchev–Trinajstić information content (AvgIpc) is 3.27. The maximum absolute atomic E-state index is 13.6. The normalized spacial score (nSPS) is 26.9. The second kappa shape index (κ2) is 10.9. The molecule has 1 aromatic rings. The number of esters is 1. The second-order valence-electron chi connectivity index (χ2n) is 11.0. The van der Waals surface area contributed by atoms with E-state index in [4.69, 9.17) is 16.3 Å². The molecule has 1 aromatic carbocycles. The molecule has 1 saturated carbocycles. The van der Waals surface area contributed by atoms with E-state index in [2.05, 4.69) is 5.32 Å². The Morgan fingerprint density at radius 1 is 1.20 bits per heavy atom. The van der Waals surface area contributed by atoms with E-state index < -0.39 is 17.1 Å². The number of likely N-dealkylation sites (tertiary alicyclic amines) is 1. The zero-order valence-electron chi connectivity index (χ0n) is 21.5. The Labute approximate surface area is 213 Å². The zero-order valence-corrected chi connectivity index (χ0v) is 22.2. The van der Waals surface area contributed by atoms with Crippen LogP contribution < -0.4 is 5.32 Å². The Balaban J connectivity index is 1.66. The summed E-state index contributed by atoms with van der Waals surface area (Å²) in [6.07, 6.45) is 2.25. The van der Waals surface area contributed by atoms with Crippen molar-refractivity contribution in [3.63, 3.8) is 0 Å². The van der Waals surface area contributed by atoms with E-state index in [9.17, 15) is 19.5 Å². The highest BCUT2D eigenvalue weighted by molar-refractivity contribution is 6.30. The van der Waals surface area contributed by atoms with Crippen molar-refractivity contribution in [1.29, 1.82) is 0 Å². The van der Waals surface area contributed by atoms with Gasteiger partial charge in [0.2, 0.25) is 11.8 Å². The van der Waals surface area contributed by atoms with Gasteiger partial charge in [-0.25, -0.2) is 0 Å². The van der Waals surface area contributed by atoms with Crippen molar-refractivity contribution in [1.82, 2.24) is 10.2 Å². The van der Waals surface area contributed by atoms with E-state index in [0.717, 1.165) is 5.56 Å². The lowest BCUT2D eigenvalue weighted by atomic mass is 9.66. The average molecular weight is 507 g/mol. The van der Waals surface area contributed by atoms with Crippen LogP contribution in [0.1, 0.15) is 72.3 Å². The summed E-state index contributed by atoms with van der Waals surface area (Å²) in [6.45, 7) is 10.3. The van der Waals surface area contributed by atoms with E-state index in [-0.39, 0.29) is 35.7 Å². The molecule has 3 rings (SSSR count). The molecule has 2 aliphatic rings. The summed E-state index contributed by atoms with van der Waals surface area (Å²) in [5.74, 6) is -0.918. The van der Waals surface area contributed by atoms with Gasteiger partial charge in [0, 0.05) is 35.9 Å². The zero-order chi connectivity index (χ0) is 26.0. The summed E-state index contributed by atoms with van der Waals surface area (Å²) >= 11 is 6.03. The molecule has 1 aliphatic carbocycles. The number of amides is 2. The van der Waals surface area contributed by atoms with E-state index in [0.29, 0.717) is 50.2 Å². The predicted octanol–water partition coefficient (Wildman–Crippen LogP) is 4.05. The Bertz CT molecular complexity index is 932. The number of hydrogen-bond donors (Lipinski definition) is 2.